The van der Waals surface area contributed by atoms with Crippen LogP contribution in [0.5, 0.6) is 11.5 Å². The van der Waals surface area contributed by atoms with Crippen molar-refractivity contribution in [2.24, 2.45) is 10.7 Å². The van der Waals surface area contributed by atoms with Crippen molar-refractivity contribution in [1.29, 1.82) is 0 Å². The number of para-hydroxylation sites is 1. The predicted molar refractivity (Wildman–Crippen MR) is 108 cm³/mol. The van der Waals surface area contributed by atoms with Crippen molar-refractivity contribution in [2.75, 3.05) is 26.0 Å². The van der Waals surface area contributed by atoms with Crippen LogP contribution in [0.3, 0.4) is 0 Å². The van der Waals surface area contributed by atoms with E-state index in [1.807, 2.05) is 85.7 Å². The minimum absolute atomic E-state index is 0.0214. The molecule has 6 nitrogen and oxygen atoms in total. The standard InChI is InChI=1S/C21H24N4O2/c1-25(2)19(20-12-7-13-26-20)15-23-21(22)24-16-8-6-11-18(14-16)27-17-9-4-3-5-10-17/h3-14,19H,15H2,1-2H3,(H3,22,23,24). The topological polar surface area (TPSA) is 76.0 Å². The quantitative estimate of drug-likeness (QED) is 0.487. The minimum Gasteiger partial charge on any atom is -0.468 e. The first-order chi connectivity index (χ1) is 13.1. The van der Waals surface area contributed by atoms with Crippen LogP contribution >= 0.6 is 0 Å². The molecule has 0 saturated carbocycles. The third-order valence-electron chi connectivity index (χ3n) is 4.01. The zero-order valence-electron chi connectivity index (χ0n) is 15.5. The molecule has 3 N–H and O–H groups in total. The first-order valence-corrected chi connectivity index (χ1v) is 8.71. The Morgan fingerprint density at radius 3 is 2.56 bits per heavy atom. The van der Waals surface area contributed by atoms with Crippen LogP contribution in [-0.4, -0.2) is 31.5 Å². The number of guanidine groups is 1. The summed E-state index contributed by atoms with van der Waals surface area (Å²) < 4.78 is 11.3. The molecule has 3 aromatic rings. The normalized spacial score (nSPS) is 12.8. The average molecular weight is 364 g/mol. The summed E-state index contributed by atoms with van der Waals surface area (Å²) in [6.07, 6.45) is 1.66. The van der Waals surface area contributed by atoms with Crippen LogP contribution in [0.25, 0.3) is 0 Å². The van der Waals surface area contributed by atoms with Crippen LogP contribution in [0.1, 0.15) is 11.8 Å². The van der Waals surface area contributed by atoms with Gasteiger partial charge in [0.05, 0.1) is 18.8 Å². The van der Waals surface area contributed by atoms with Gasteiger partial charge in [0.1, 0.15) is 17.3 Å². The number of likely N-dealkylation sites (N-methyl/N-ethyl adjacent to an activating group) is 1. The van der Waals surface area contributed by atoms with Gasteiger partial charge in [-0.2, -0.15) is 0 Å². The monoisotopic (exact) mass is 364 g/mol. The molecule has 0 spiro atoms. The molecule has 0 aliphatic rings. The second-order valence-corrected chi connectivity index (χ2v) is 6.29. The minimum atomic E-state index is 0.0214. The van der Waals surface area contributed by atoms with Gasteiger partial charge in [0.2, 0.25) is 0 Å². The first-order valence-electron chi connectivity index (χ1n) is 8.71. The highest BCUT2D eigenvalue weighted by atomic mass is 16.5. The number of hydrogen-bond donors (Lipinski definition) is 2. The lowest BCUT2D eigenvalue weighted by molar-refractivity contribution is 0.265. The van der Waals surface area contributed by atoms with E-state index in [9.17, 15) is 0 Å². The molecule has 0 aliphatic carbocycles. The van der Waals surface area contributed by atoms with Crippen molar-refractivity contribution < 1.29 is 9.15 Å². The van der Waals surface area contributed by atoms with Gasteiger partial charge in [-0.3, -0.25) is 9.89 Å². The van der Waals surface area contributed by atoms with Crippen molar-refractivity contribution in [3.05, 3.63) is 78.8 Å². The number of anilines is 1. The highest BCUT2D eigenvalue weighted by Gasteiger charge is 2.16. The molecular formula is C21H24N4O2. The maximum absolute atomic E-state index is 6.06. The van der Waals surface area contributed by atoms with E-state index in [1.54, 1.807) is 6.26 Å². The zero-order valence-corrected chi connectivity index (χ0v) is 15.5. The fourth-order valence-corrected chi connectivity index (χ4v) is 2.62. The van der Waals surface area contributed by atoms with Gasteiger partial charge >= 0.3 is 0 Å². The first kappa shape index (κ1) is 18.5. The van der Waals surface area contributed by atoms with Gasteiger partial charge in [-0.1, -0.05) is 24.3 Å². The van der Waals surface area contributed by atoms with Gasteiger partial charge in [0, 0.05) is 11.8 Å². The summed E-state index contributed by atoms with van der Waals surface area (Å²) in [6.45, 7) is 0.486. The Bertz CT molecular complexity index is 861. The number of rotatable bonds is 7. The molecule has 27 heavy (non-hydrogen) atoms. The third kappa shape index (κ3) is 5.36. The van der Waals surface area contributed by atoms with E-state index in [2.05, 4.69) is 10.3 Å². The van der Waals surface area contributed by atoms with E-state index in [0.29, 0.717) is 12.5 Å². The molecule has 0 aliphatic heterocycles. The summed E-state index contributed by atoms with van der Waals surface area (Å²) in [4.78, 5) is 6.50. The molecular weight excluding hydrogens is 340 g/mol. The van der Waals surface area contributed by atoms with Gasteiger partial charge in [0.25, 0.3) is 0 Å². The number of ether oxygens (including phenoxy) is 1. The van der Waals surface area contributed by atoms with Crippen molar-refractivity contribution in [3.8, 4) is 11.5 Å². The highest BCUT2D eigenvalue weighted by Crippen LogP contribution is 2.24. The van der Waals surface area contributed by atoms with E-state index < -0.39 is 0 Å². The Morgan fingerprint density at radius 1 is 1.07 bits per heavy atom. The maximum atomic E-state index is 6.06. The molecule has 1 heterocycles. The molecule has 1 aromatic heterocycles. The Hall–Kier alpha value is -3.25. The van der Waals surface area contributed by atoms with E-state index >= 15 is 0 Å². The number of nitrogens with one attached hydrogen (secondary N) is 1. The summed E-state index contributed by atoms with van der Waals surface area (Å²) in [5, 5.41) is 3.11. The molecule has 140 valence electrons. The smallest absolute Gasteiger partial charge is 0.193 e. The molecule has 3 rings (SSSR count). The Kier molecular flexibility index (Phi) is 6.12. The molecule has 0 radical (unpaired) electrons. The summed E-state index contributed by atoms with van der Waals surface area (Å²) in [6, 6.07) is 21.1. The number of furan rings is 1. The second-order valence-electron chi connectivity index (χ2n) is 6.29. The fourth-order valence-electron chi connectivity index (χ4n) is 2.62. The number of nitrogens with zero attached hydrogens (tertiary/aromatic N) is 2. The van der Waals surface area contributed by atoms with E-state index in [0.717, 1.165) is 22.9 Å². The highest BCUT2D eigenvalue weighted by molar-refractivity contribution is 5.92. The lowest BCUT2D eigenvalue weighted by Gasteiger charge is -2.20. The van der Waals surface area contributed by atoms with Crippen LogP contribution in [0, 0.1) is 0 Å². The van der Waals surface area contributed by atoms with Crippen LogP contribution < -0.4 is 15.8 Å². The maximum Gasteiger partial charge on any atom is 0.193 e. The third-order valence-corrected chi connectivity index (χ3v) is 4.01. The molecule has 0 amide bonds. The molecule has 0 saturated heterocycles. The Balaban J connectivity index is 1.64. The van der Waals surface area contributed by atoms with Crippen LogP contribution in [0.15, 0.2) is 82.4 Å². The van der Waals surface area contributed by atoms with Crippen LogP contribution in [0.4, 0.5) is 5.69 Å². The summed E-state index contributed by atoms with van der Waals surface area (Å²) >= 11 is 0. The molecule has 0 bridgehead atoms. The van der Waals surface area contributed by atoms with Crippen molar-refractivity contribution in [1.82, 2.24) is 4.90 Å². The summed E-state index contributed by atoms with van der Waals surface area (Å²) in [5.41, 5.74) is 6.87. The van der Waals surface area contributed by atoms with Gasteiger partial charge < -0.3 is 20.2 Å². The number of nitrogens with two attached hydrogens (primary N) is 1. The number of hydrogen-bond acceptors (Lipinski definition) is 4. The lowest BCUT2D eigenvalue weighted by atomic mass is 10.2. The summed E-state index contributed by atoms with van der Waals surface area (Å²) in [5.74, 6) is 2.70. The Morgan fingerprint density at radius 2 is 1.85 bits per heavy atom. The van der Waals surface area contributed by atoms with E-state index in [4.69, 9.17) is 14.9 Å². The lowest BCUT2D eigenvalue weighted by Crippen LogP contribution is -2.27. The van der Waals surface area contributed by atoms with Gasteiger partial charge in [-0.25, -0.2) is 0 Å². The Labute approximate surface area is 159 Å². The largest absolute Gasteiger partial charge is 0.468 e. The van der Waals surface area contributed by atoms with E-state index in [-0.39, 0.29) is 6.04 Å². The molecule has 1 atom stereocenters. The van der Waals surface area contributed by atoms with Gasteiger partial charge in [-0.15, -0.1) is 0 Å². The predicted octanol–water partition coefficient (Wildman–Crippen LogP) is 4.10. The number of aliphatic imine (C=N–C) groups is 1. The number of benzene rings is 2. The van der Waals surface area contributed by atoms with E-state index in [1.165, 1.54) is 0 Å². The van der Waals surface area contributed by atoms with Crippen LogP contribution in [-0.2, 0) is 0 Å². The molecule has 2 aromatic carbocycles. The van der Waals surface area contributed by atoms with Crippen molar-refractivity contribution in [3.63, 3.8) is 0 Å². The molecule has 0 fully saturated rings. The van der Waals surface area contributed by atoms with Gasteiger partial charge in [0.15, 0.2) is 5.96 Å². The zero-order chi connectivity index (χ0) is 19.1. The van der Waals surface area contributed by atoms with Crippen molar-refractivity contribution >= 4 is 11.6 Å². The molecule has 1 unspecified atom stereocenters. The fraction of sp³-hybridized carbons (Fsp3) is 0.190. The average Bonchev–Trinajstić information content (AvgIpc) is 3.17. The summed E-state index contributed by atoms with van der Waals surface area (Å²) in [7, 11) is 3.97. The SMILES string of the molecule is CN(C)C(CN=C(N)Nc1cccc(Oc2ccccc2)c1)c1ccco1. The van der Waals surface area contributed by atoms with Gasteiger partial charge in [-0.05, 0) is 50.5 Å². The van der Waals surface area contributed by atoms with Crippen molar-refractivity contribution in [2.45, 2.75) is 6.04 Å². The second kappa shape index (κ2) is 8.91. The van der Waals surface area contributed by atoms with Crippen LogP contribution in [0.2, 0.25) is 0 Å². The molecule has 6 heteroatoms.